The van der Waals surface area contributed by atoms with Crippen LogP contribution >= 0.6 is 0 Å². The fourth-order valence-corrected chi connectivity index (χ4v) is 3.82. The summed E-state index contributed by atoms with van der Waals surface area (Å²) in [7, 11) is 0. The monoisotopic (exact) mass is 462 g/mol. The van der Waals surface area contributed by atoms with Crippen molar-refractivity contribution in [3.63, 3.8) is 0 Å². The van der Waals surface area contributed by atoms with Crippen LogP contribution in [0.5, 0.6) is 11.5 Å². The van der Waals surface area contributed by atoms with E-state index in [9.17, 15) is 10.1 Å². The third kappa shape index (κ3) is 5.69. The number of nitrogens with zero attached hydrogens (tertiary/aromatic N) is 1. The molecule has 0 heterocycles. The lowest BCUT2D eigenvalue weighted by Gasteiger charge is -2.14. The first-order valence-electron chi connectivity index (χ1n) is 11.4. The van der Waals surface area contributed by atoms with Gasteiger partial charge in [0.25, 0.3) is 5.91 Å². The Hall–Kier alpha value is -4.56. The first kappa shape index (κ1) is 23.6. The van der Waals surface area contributed by atoms with E-state index >= 15 is 0 Å². The number of para-hydroxylation sites is 1. The van der Waals surface area contributed by atoms with Crippen molar-refractivity contribution in [3.8, 4) is 17.6 Å². The van der Waals surface area contributed by atoms with E-state index < -0.39 is 5.91 Å². The van der Waals surface area contributed by atoms with Gasteiger partial charge in [-0.05, 0) is 66.6 Å². The fraction of sp³-hybridized carbons (Fsp3) is 0.133. The Morgan fingerprint density at radius 2 is 1.69 bits per heavy atom. The van der Waals surface area contributed by atoms with E-state index in [-0.39, 0.29) is 5.57 Å². The van der Waals surface area contributed by atoms with Crippen molar-refractivity contribution in [2.75, 3.05) is 11.9 Å². The molecule has 0 atom stereocenters. The van der Waals surface area contributed by atoms with Gasteiger partial charge in [0.2, 0.25) is 0 Å². The molecule has 0 saturated heterocycles. The standard InChI is InChI=1S/C30H26N2O3/c1-3-34-26-16-14-25(15-17-26)32-30(33)24(19-31)18-23-9-5-7-11-29(23)35-20-28-21(2)12-13-22-8-4-6-10-27(22)28/h4-18H,3,20H2,1-2H3,(H,32,33)/b24-18+. The van der Waals surface area contributed by atoms with E-state index in [1.807, 2.05) is 49.4 Å². The number of fused-ring (bicyclic) bond motifs is 1. The topological polar surface area (TPSA) is 71.3 Å². The molecule has 1 N–H and O–H groups in total. The molecule has 0 aromatic heterocycles. The first-order valence-corrected chi connectivity index (χ1v) is 11.4. The van der Waals surface area contributed by atoms with E-state index in [2.05, 4.69) is 36.5 Å². The quantitative estimate of drug-likeness (QED) is 0.234. The molecular weight excluding hydrogens is 436 g/mol. The average molecular weight is 463 g/mol. The molecule has 0 aliphatic carbocycles. The Labute approximate surface area is 205 Å². The summed E-state index contributed by atoms with van der Waals surface area (Å²) in [6, 6.07) is 28.8. The van der Waals surface area contributed by atoms with Crippen LogP contribution in [0.1, 0.15) is 23.6 Å². The normalized spacial score (nSPS) is 11.1. The lowest BCUT2D eigenvalue weighted by Crippen LogP contribution is -2.13. The SMILES string of the molecule is CCOc1ccc(NC(=O)/C(C#N)=C/c2ccccc2OCc2c(C)ccc3ccccc23)cc1. The number of ether oxygens (including phenoxy) is 2. The van der Waals surface area contributed by atoms with Gasteiger partial charge in [0.1, 0.15) is 29.7 Å². The van der Waals surface area contributed by atoms with Crippen LogP contribution < -0.4 is 14.8 Å². The maximum Gasteiger partial charge on any atom is 0.266 e. The lowest BCUT2D eigenvalue weighted by molar-refractivity contribution is -0.112. The highest BCUT2D eigenvalue weighted by molar-refractivity contribution is 6.09. The molecule has 35 heavy (non-hydrogen) atoms. The van der Waals surface area contributed by atoms with E-state index in [1.54, 1.807) is 30.3 Å². The van der Waals surface area contributed by atoms with Crippen LogP contribution in [0, 0.1) is 18.3 Å². The van der Waals surface area contributed by atoms with Crippen LogP contribution in [0.3, 0.4) is 0 Å². The Morgan fingerprint density at radius 1 is 0.943 bits per heavy atom. The zero-order chi connectivity index (χ0) is 24.6. The molecule has 0 unspecified atom stereocenters. The summed E-state index contributed by atoms with van der Waals surface area (Å²) in [5.74, 6) is 0.826. The number of aryl methyl sites for hydroxylation is 1. The molecule has 4 rings (SSSR count). The van der Waals surface area contributed by atoms with Gasteiger partial charge in [-0.3, -0.25) is 4.79 Å². The van der Waals surface area contributed by atoms with Crippen LogP contribution in [-0.2, 0) is 11.4 Å². The highest BCUT2D eigenvalue weighted by Crippen LogP contribution is 2.27. The van der Waals surface area contributed by atoms with Crippen LogP contribution in [0.4, 0.5) is 5.69 Å². The predicted molar refractivity (Wildman–Crippen MR) is 139 cm³/mol. The number of hydrogen-bond acceptors (Lipinski definition) is 4. The molecule has 5 nitrogen and oxygen atoms in total. The number of carbonyl (C=O) groups excluding carboxylic acids is 1. The molecule has 4 aromatic carbocycles. The van der Waals surface area contributed by atoms with Crippen molar-refractivity contribution in [2.24, 2.45) is 0 Å². The zero-order valence-corrected chi connectivity index (χ0v) is 19.7. The number of nitrogens with one attached hydrogen (secondary N) is 1. The van der Waals surface area contributed by atoms with Gasteiger partial charge in [-0.1, -0.05) is 54.6 Å². The maximum atomic E-state index is 12.8. The van der Waals surface area contributed by atoms with Gasteiger partial charge < -0.3 is 14.8 Å². The van der Waals surface area contributed by atoms with Crippen LogP contribution in [0.2, 0.25) is 0 Å². The number of nitriles is 1. The van der Waals surface area contributed by atoms with Gasteiger partial charge >= 0.3 is 0 Å². The number of anilines is 1. The first-order chi connectivity index (χ1) is 17.1. The minimum atomic E-state index is -0.489. The molecule has 0 fully saturated rings. The summed E-state index contributed by atoms with van der Waals surface area (Å²) in [5.41, 5.74) is 3.47. The predicted octanol–water partition coefficient (Wildman–Crippen LogP) is 6.67. The molecule has 0 aliphatic rings. The van der Waals surface area contributed by atoms with Crippen LogP contribution in [0.25, 0.3) is 16.8 Å². The minimum absolute atomic E-state index is 0.0173. The fourth-order valence-electron chi connectivity index (χ4n) is 3.82. The molecule has 0 aliphatic heterocycles. The molecule has 0 radical (unpaired) electrons. The highest BCUT2D eigenvalue weighted by atomic mass is 16.5. The van der Waals surface area contributed by atoms with E-state index in [1.165, 1.54) is 0 Å². The minimum Gasteiger partial charge on any atom is -0.494 e. The Morgan fingerprint density at radius 3 is 2.46 bits per heavy atom. The molecular formula is C30H26N2O3. The molecule has 0 spiro atoms. The van der Waals surface area contributed by atoms with Crippen molar-refractivity contribution in [1.82, 2.24) is 0 Å². The Balaban J connectivity index is 1.54. The van der Waals surface area contributed by atoms with E-state index in [0.29, 0.717) is 36.0 Å². The number of rotatable bonds is 8. The Bertz CT molecular complexity index is 1420. The number of amides is 1. The highest BCUT2D eigenvalue weighted by Gasteiger charge is 2.12. The molecule has 0 bridgehead atoms. The summed E-state index contributed by atoms with van der Waals surface area (Å²) in [6.45, 7) is 4.91. The maximum absolute atomic E-state index is 12.8. The number of carbonyl (C=O) groups is 1. The smallest absolute Gasteiger partial charge is 0.266 e. The average Bonchev–Trinajstić information content (AvgIpc) is 2.88. The van der Waals surface area contributed by atoms with Gasteiger partial charge in [-0.25, -0.2) is 0 Å². The van der Waals surface area contributed by atoms with Gasteiger partial charge in [-0.15, -0.1) is 0 Å². The molecule has 5 heteroatoms. The second-order valence-electron chi connectivity index (χ2n) is 7.99. The van der Waals surface area contributed by atoms with E-state index in [0.717, 1.165) is 21.9 Å². The van der Waals surface area contributed by atoms with Crippen LogP contribution in [-0.4, -0.2) is 12.5 Å². The summed E-state index contributed by atoms with van der Waals surface area (Å²) in [5, 5.41) is 14.7. The molecule has 1 amide bonds. The molecule has 174 valence electrons. The molecule has 0 saturated carbocycles. The van der Waals surface area contributed by atoms with Gasteiger partial charge in [0.15, 0.2) is 0 Å². The number of hydrogen-bond donors (Lipinski definition) is 1. The zero-order valence-electron chi connectivity index (χ0n) is 19.7. The van der Waals surface area contributed by atoms with E-state index in [4.69, 9.17) is 9.47 Å². The Kier molecular flexibility index (Phi) is 7.44. The summed E-state index contributed by atoms with van der Waals surface area (Å²) >= 11 is 0. The van der Waals surface area contributed by atoms with Gasteiger partial charge in [-0.2, -0.15) is 5.26 Å². The number of benzene rings is 4. The van der Waals surface area contributed by atoms with Crippen molar-refractivity contribution in [3.05, 3.63) is 107 Å². The molecule has 4 aromatic rings. The third-order valence-corrected chi connectivity index (χ3v) is 5.65. The summed E-state index contributed by atoms with van der Waals surface area (Å²) in [4.78, 5) is 12.8. The second kappa shape index (κ2) is 11.0. The second-order valence-corrected chi connectivity index (χ2v) is 7.99. The summed E-state index contributed by atoms with van der Waals surface area (Å²) in [6.07, 6.45) is 1.55. The summed E-state index contributed by atoms with van der Waals surface area (Å²) < 4.78 is 11.6. The largest absolute Gasteiger partial charge is 0.494 e. The lowest BCUT2D eigenvalue weighted by atomic mass is 10.0. The van der Waals surface area contributed by atoms with Gasteiger partial charge in [0, 0.05) is 16.8 Å². The third-order valence-electron chi connectivity index (χ3n) is 5.65. The van der Waals surface area contributed by atoms with Crippen molar-refractivity contribution < 1.29 is 14.3 Å². The van der Waals surface area contributed by atoms with Crippen molar-refractivity contribution in [2.45, 2.75) is 20.5 Å². The van der Waals surface area contributed by atoms with Gasteiger partial charge in [0.05, 0.1) is 6.61 Å². The van der Waals surface area contributed by atoms with Crippen molar-refractivity contribution in [1.29, 1.82) is 5.26 Å². The van der Waals surface area contributed by atoms with Crippen LogP contribution in [0.15, 0.2) is 90.5 Å². The van der Waals surface area contributed by atoms with Crippen molar-refractivity contribution >= 4 is 28.4 Å².